The number of hydrogen-bond donors (Lipinski definition) is 0. The van der Waals surface area contributed by atoms with Crippen molar-refractivity contribution in [2.45, 2.75) is 32.5 Å². The van der Waals surface area contributed by atoms with E-state index >= 15 is 0 Å². The Kier molecular flexibility index (Phi) is 13.4. The van der Waals surface area contributed by atoms with Crippen molar-refractivity contribution in [1.82, 2.24) is 18.3 Å². The fourth-order valence-corrected chi connectivity index (χ4v) is 9.09. The molecule has 0 aliphatic rings. The molecule has 8 aromatic rings. The largest absolute Gasteiger partial charge is 0.457 e. The zero-order valence-electron chi connectivity index (χ0n) is 33.3. The number of rotatable bonds is 10. The zero-order valence-corrected chi connectivity index (χ0v) is 37.0. The number of benzene rings is 4. The number of aromatic nitrogens is 4. The van der Waals surface area contributed by atoms with Crippen molar-refractivity contribution in [2.24, 2.45) is 14.1 Å². The van der Waals surface area contributed by atoms with Crippen LogP contribution in [0.1, 0.15) is 47.2 Å². The highest BCUT2D eigenvalue weighted by Crippen LogP contribution is 2.30. The predicted molar refractivity (Wildman–Crippen MR) is 243 cm³/mol. The smallest absolute Gasteiger partial charge is 0.416 e. The van der Waals surface area contributed by atoms with E-state index in [1.165, 1.54) is 45.0 Å². The SMILES string of the molecule is Cn1c(=O)n(Cc2cccc(C(F)(F)F)c2)c(=O)c2cc(C(=O)OCc3ccccc3)sc21.Cn1c(=O)n(Cc2cccc(I)c2)c(=O)c2cc(C(=O)OCc3ccccc3)sc21. The maximum atomic E-state index is 13.0. The van der Waals surface area contributed by atoms with Crippen molar-refractivity contribution >= 4 is 77.6 Å². The van der Waals surface area contributed by atoms with Gasteiger partial charge in [-0.25, -0.2) is 19.2 Å². The van der Waals surface area contributed by atoms with E-state index in [9.17, 15) is 41.9 Å². The first-order chi connectivity index (χ1) is 30.1. The number of hydrogen-bond acceptors (Lipinski definition) is 10. The summed E-state index contributed by atoms with van der Waals surface area (Å²) in [5.41, 5.74) is -0.409. The molecule has 12 nitrogen and oxygen atoms in total. The molecule has 4 aromatic heterocycles. The molecule has 0 spiro atoms. The number of esters is 2. The first-order valence-electron chi connectivity index (χ1n) is 18.9. The molecule has 0 aliphatic heterocycles. The second-order valence-electron chi connectivity index (χ2n) is 14.1. The molecule has 0 N–H and O–H groups in total. The van der Waals surface area contributed by atoms with Crippen molar-refractivity contribution in [3.63, 3.8) is 0 Å². The van der Waals surface area contributed by atoms with Gasteiger partial charge >= 0.3 is 29.5 Å². The summed E-state index contributed by atoms with van der Waals surface area (Å²) in [4.78, 5) is 77.7. The second-order valence-corrected chi connectivity index (χ2v) is 17.4. The van der Waals surface area contributed by atoms with Crippen LogP contribution >= 0.6 is 45.3 Å². The molecule has 4 aromatic carbocycles. The molecule has 0 bridgehead atoms. The van der Waals surface area contributed by atoms with Gasteiger partial charge in [-0.15, -0.1) is 22.7 Å². The van der Waals surface area contributed by atoms with Crippen LogP contribution in [0.5, 0.6) is 0 Å². The minimum Gasteiger partial charge on any atom is -0.457 e. The number of alkyl halides is 3. The normalized spacial score (nSPS) is 11.3. The molecular weight excluding hydrogens is 973 g/mol. The highest BCUT2D eigenvalue weighted by molar-refractivity contribution is 14.1. The minimum atomic E-state index is -4.54. The summed E-state index contributed by atoms with van der Waals surface area (Å²) in [5.74, 6) is -1.16. The Morgan fingerprint density at radius 1 is 0.571 bits per heavy atom. The summed E-state index contributed by atoms with van der Waals surface area (Å²) >= 11 is 4.22. The van der Waals surface area contributed by atoms with Crippen LogP contribution in [0.25, 0.3) is 20.4 Å². The van der Waals surface area contributed by atoms with Crippen LogP contribution in [-0.2, 0) is 56.0 Å². The number of carbonyl (C=O) groups excluding carboxylic acids is 2. The number of thiophene rings is 2. The van der Waals surface area contributed by atoms with Gasteiger partial charge in [-0.1, -0.05) is 84.9 Å². The van der Waals surface area contributed by atoms with Crippen LogP contribution in [0.4, 0.5) is 13.2 Å². The van der Waals surface area contributed by atoms with E-state index in [0.717, 1.165) is 59.6 Å². The Balaban J connectivity index is 0.000000190. The van der Waals surface area contributed by atoms with Gasteiger partial charge in [0.05, 0.1) is 29.4 Å². The molecule has 322 valence electrons. The fraction of sp³-hybridized carbons (Fsp3) is 0.156. The molecule has 0 radical (unpaired) electrons. The van der Waals surface area contributed by atoms with Gasteiger partial charge in [-0.05, 0) is 81.2 Å². The highest BCUT2D eigenvalue weighted by atomic mass is 127. The summed E-state index contributed by atoms with van der Waals surface area (Å²) in [6.07, 6.45) is -4.54. The van der Waals surface area contributed by atoms with Crippen molar-refractivity contribution in [3.05, 3.63) is 204 Å². The molecule has 0 amide bonds. The molecule has 0 saturated heterocycles. The monoisotopic (exact) mass is 1010 g/mol. The molecule has 0 fully saturated rings. The van der Waals surface area contributed by atoms with Crippen LogP contribution < -0.4 is 22.5 Å². The fourth-order valence-electron chi connectivity index (χ4n) is 6.48. The standard InChI is InChI=1S/C23H17F3N2O4S.C22H17IN2O4S/c1-27-20-17(11-18(33-20)21(30)32-13-14-6-3-2-4-7-14)19(29)28(22(27)31)12-15-8-5-9-16(10-15)23(24,25)26;1-24-20-17(11-18(30-20)21(27)29-13-14-6-3-2-4-7-14)19(26)25(22(24)28)12-15-8-5-9-16(23)10-15/h2-11H,12-13H2,1H3;2-11H,12-13H2,1H3. The van der Waals surface area contributed by atoms with Crippen LogP contribution in [0, 0.1) is 3.57 Å². The molecule has 4 heterocycles. The number of nitrogens with zero attached hydrogens (tertiary/aromatic N) is 4. The van der Waals surface area contributed by atoms with E-state index in [-0.39, 0.29) is 47.0 Å². The number of fused-ring (bicyclic) bond motifs is 2. The summed E-state index contributed by atoms with van der Waals surface area (Å²) in [5, 5.41) is 0.445. The van der Waals surface area contributed by atoms with Crippen molar-refractivity contribution < 1.29 is 32.2 Å². The number of aryl methyl sites for hydroxylation is 2. The maximum Gasteiger partial charge on any atom is 0.416 e. The topological polar surface area (TPSA) is 141 Å². The van der Waals surface area contributed by atoms with E-state index in [4.69, 9.17) is 9.47 Å². The summed E-state index contributed by atoms with van der Waals surface area (Å²) in [6, 6.07) is 33.4. The van der Waals surface area contributed by atoms with E-state index in [1.54, 1.807) is 19.2 Å². The van der Waals surface area contributed by atoms with Gasteiger partial charge in [0.25, 0.3) is 11.1 Å². The first kappa shape index (κ1) is 44.7. The minimum absolute atomic E-state index is 0.0482. The Morgan fingerprint density at radius 3 is 1.41 bits per heavy atom. The number of ether oxygens (including phenoxy) is 2. The molecule has 8 rings (SSSR count). The number of carbonyl (C=O) groups is 2. The Labute approximate surface area is 376 Å². The Hall–Kier alpha value is -6.38. The van der Waals surface area contributed by atoms with Crippen LogP contribution in [0.15, 0.2) is 141 Å². The van der Waals surface area contributed by atoms with Crippen LogP contribution in [-0.4, -0.2) is 30.2 Å². The molecule has 63 heavy (non-hydrogen) atoms. The van der Waals surface area contributed by atoms with Gasteiger partial charge in [0.15, 0.2) is 0 Å². The lowest BCUT2D eigenvalue weighted by molar-refractivity contribution is -0.137. The van der Waals surface area contributed by atoms with E-state index in [2.05, 4.69) is 22.6 Å². The lowest BCUT2D eigenvalue weighted by Crippen LogP contribution is -2.38. The predicted octanol–water partition coefficient (Wildman–Crippen LogP) is 7.96. The van der Waals surface area contributed by atoms with Gasteiger partial charge in [0, 0.05) is 17.7 Å². The molecular formula is C45H34F3IN4O8S2. The second kappa shape index (κ2) is 18.9. The summed E-state index contributed by atoms with van der Waals surface area (Å²) < 4.78 is 55.4. The first-order valence-corrected chi connectivity index (χ1v) is 21.6. The molecule has 18 heteroatoms. The summed E-state index contributed by atoms with van der Waals surface area (Å²) in [6.45, 7) is 0.0211. The zero-order chi connectivity index (χ0) is 45.0. The quantitative estimate of drug-likeness (QED) is 0.0994. The third-order valence-corrected chi connectivity index (χ3v) is 12.7. The third kappa shape index (κ3) is 10.1. The van der Waals surface area contributed by atoms with Crippen LogP contribution in [0.3, 0.4) is 0 Å². The lowest BCUT2D eigenvalue weighted by Gasteiger charge is -2.11. The highest BCUT2D eigenvalue weighted by Gasteiger charge is 2.30. The van der Waals surface area contributed by atoms with Crippen molar-refractivity contribution in [3.8, 4) is 0 Å². The third-order valence-electron chi connectivity index (χ3n) is 9.67. The van der Waals surface area contributed by atoms with E-state index in [0.29, 0.717) is 15.1 Å². The average Bonchev–Trinajstić information content (AvgIpc) is 3.94. The average molecular weight is 1010 g/mol. The molecule has 0 saturated carbocycles. The van der Waals surface area contributed by atoms with Gasteiger partial charge < -0.3 is 9.47 Å². The van der Waals surface area contributed by atoms with E-state index < -0.39 is 46.2 Å². The Morgan fingerprint density at radius 2 is 0.984 bits per heavy atom. The number of halogens is 4. The Bertz CT molecular complexity index is 3250. The van der Waals surface area contributed by atoms with Gasteiger partial charge in [0.1, 0.15) is 32.6 Å². The van der Waals surface area contributed by atoms with Gasteiger partial charge in [0.2, 0.25) is 0 Å². The summed E-state index contributed by atoms with van der Waals surface area (Å²) in [7, 11) is 3.03. The van der Waals surface area contributed by atoms with Crippen LogP contribution in [0.2, 0.25) is 0 Å². The van der Waals surface area contributed by atoms with Gasteiger partial charge in [-0.3, -0.25) is 27.9 Å². The molecule has 0 aliphatic carbocycles. The maximum absolute atomic E-state index is 13.0. The van der Waals surface area contributed by atoms with E-state index in [1.807, 2.05) is 72.8 Å². The molecule has 0 unspecified atom stereocenters. The van der Waals surface area contributed by atoms with Gasteiger partial charge in [-0.2, -0.15) is 13.2 Å². The van der Waals surface area contributed by atoms with Crippen molar-refractivity contribution in [1.29, 1.82) is 0 Å². The molecule has 0 atom stereocenters. The lowest BCUT2D eigenvalue weighted by atomic mass is 10.1. The van der Waals surface area contributed by atoms with Crippen molar-refractivity contribution in [2.75, 3.05) is 0 Å².